The molecule has 2 rings (SSSR count). The van der Waals surface area contributed by atoms with Gasteiger partial charge in [-0.3, -0.25) is 9.05 Å². The minimum absolute atomic E-state index is 0.741. The number of rotatable bonds is 8. The van der Waals surface area contributed by atoms with Crippen molar-refractivity contribution in [3.8, 4) is 11.5 Å². The van der Waals surface area contributed by atoms with Gasteiger partial charge in [0.15, 0.2) is 22.7 Å². The van der Waals surface area contributed by atoms with Crippen molar-refractivity contribution in [1.29, 1.82) is 0 Å². The zero-order valence-electron chi connectivity index (χ0n) is 14.1. The molecule has 0 aliphatic rings. The lowest BCUT2D eigenvalue weighted by Crippen LogP contribution is -2.09. The van der Waals surface area contributed by atoms with Crippen molar-refractivity contribution in [2.24, 2.45) is 0 Å². The Bertz CT molecular complexity index is 583. The molecule has 2 aromatic rings. The van der Waals surface area contributed by atoms with Crippen LogP contribution in [0.4, 0.5) is 0 Å². The van der Waals surface area contributed by atoms with E-state index in [0.717, 1.165) is 48.1 Å². The monoisotopic (exact) mass is 351 g/mol. The minimum atomic E-state index is -2.52. The highest BCUT2D eigenvalue weighted by Gasteiger charge is 2.44. The minimum Gasteiger partial charge on any atom is -0.291 e. The molecular weight excluding hydrogens is 327 g/mol. The molecule has 4 heteroatoms. The van der Waals surface area contributed by atoms with E-state index in [1.165, 1.54) is 0 Å². The highest BCUT2D eigenvalue weighted by Crippen LogP contribution is 2.65. The summed E-state index contributed by atoms with van der Waals surface area (Å²) in [6.07, 6.45) is 4.02. The topological polar surface area (TPSA) is 18.5 Å². The van der Waals surface area contributed by atoms with E-state index in [4.69, 9.17) is 20.3 Å². The average molecular weight is 352 g/mol. The molecule has 0 heterocycles. The predicted octanol–water partition coefficient (Wildman–Crippen LogP) is 6.95. The zero-order valence-corrected chi connectivity index (χ0v) is 15.7. The van der Waals surface area contributed by atoms with Crippen LogP contribution in [0.1, 0.15) is 37.3 Å². The lowest BCUT2D eigenvalue weighted by atomic mass is 10.2. The molecule has 0 bridgehead atoms. The summed E-state index contributed by atoms with van der Waals surface area (Å²) in [5.41, 5.74) is 2.14. The lowest BCUT2D eigenvalue weighted by Gasteiger charge is -2.19. The summed E-state index contributed by atoms with van der Waals surface area (Å²) in [7, 11) is -2.52. The van der Waals surface area contributed by atoms with Crippen molar-refractivity contribution in [2.75, 3.05) is 6.16 Å². The van der Waals surface area contributed by atoms with E-state index in [1.54, 1.807) is 0 Å². The number of hydrogen-bond donors (Lipinski definition) is 0. The van der Waals surface area contributed by atoms with Crippen molar-refractivity contribution >= 4 is 18.3 Å². The molecule has 0 aliphatic carbocycles. The third-order valence-electron chi connectivity index (χ3n) is 3.69. The van der Waals surface area contributed by atoms with E-state index in [1.807, 2.05) is 62.4 Å². The van der Waals surface area contributed by atoms with Gasteiger partial charge in [-0.1, -0.05) is 49.7 Å². The van der Waals surface area contributed by atoms with E-state index in [9.17, 15) is 0 Å². The molecule has 23 heavy (non-hydrogen) atoms. The molecule has 0 saturated heterocycles. The summed E-state index contributed by atoms with van der Waals surface area (Å²) in [5, 5.41) is 0. The molecule has 2 aromatic carbocycles. The second kappa shape index (κ2) is 8.57. The maximum Gasteiger partial charge on any atom is 0.459 e. The maximum absolute atomic E-state index is 6.85. The van der Waals surface area contributed by atoms with E-state index < -0.39 is 7.07 Å². The molecule has 0 radical (unpaired) electrons. The first-order chi connectivity index (χ1) is 11.0. The van der Waals surface area contributed by atoms with Crippen molar-refractivity contribution in [3.63, 3.8) is 0 Å². The van der Waals surface area contributed by atoms with E-state index >= 15 is 0 Å². The van der Waals surface area contributed by atoms with Crippen molar-refractivity contribution in [3.05, 3.63) is 59.7 Å². The first-order valence-corrected chi connectivity index (χ1v) is 10.8. The van der Waals surface area contributed by atoms with Gasteiger partial charge in [0.05, 0.1) is 0 Å². The van der Waals surface area contributed by atoms with Gasteiger partial charge in [-0.2, -0.15) is 0 Å². The smallest absolute Gasteiger partial charge is 0.291 e. The van der Waals surface area contributed by atoms with Crippen LogP contribution in [0.15, 0.2) is 48.5 Å². The quantitative estimate of drug-likeness (QED) is 0.378. The van der Waals surface area contributed by atoms with Crippen LogP contribution in [0.2, 0.25) is 0 Å². The van der Waals surface area contributed by atoms with Crippen LogP contribution < -0.4 is 9.05 Å². The van der Waals surface area contributed by atoms with Crippen LogP contribution in [-0.4, -0.2) is 6.16 Å². The van der Waals surface area contributed by atoms with E-state index in [2.05, 4.69) is 6.92 Å². The van der Waals surface area contributed by atoms with Crippen LogP contribution in [-0.2, 0) is 0 Å². The Morgan fingerprint density at radius 3 is 1.74 bits per heavy atom. The van der Waals surface area contributed by atoms with Crippen molar-refractivity contribution in [2.45, 2.75) is 40.0 Å². The third kappa shape index (κ3) is 5.41. The molecule has 124 valence electrons. The van der Waals surface area contributed by atoms with Crippen LogP contribution in [0.5, 0.6) is 11.5 Å². The van der Waals surface area contributed by atoms with Gasteiger partial charge in [0.2, 0.25) is 0 Å². The fourth-order valence-electron chi connectivity index (χ4n) is 2.27. The molecular formula is C19H25ClO2P+. The molecule has 0 saturated carbocycles. The van der Waals surface area contributed by atoms with Gasteiger partial charge in [0.1, 0.15) is 6.16 Å². The molecule has 0 fully saturated rings. The molecule has 0 amide bonds. The summed E-state index contributed by atoms with van der Waals surface area (Å²) in [6.45, 7) is 6.23. The summed E-state index contributed by atoms with van der Waals surface area (Å²) in [6, 6.07) is 15.9. The first-order valence-electron chi connectivity index (χ1n) is 8.12. The molecule has 0 aromatic heterocycles. The molecule has 0 unspecified atom stereocenters. The molecule has 0 atom stereocenters. The SMILES string of the molecule is CCCCC[P+](Cl)(Oc1ccccc1C)Oc1ccccc1C. The van der Waals surface area contributed by atoms with Gasteiger partial charge in [0, 0.05) is 0 Å². The van der Waals surface area contributed by atoms with Gasteiger partial charge in [0.25, 0.3) is 0 Å². The highest BCUT2D eigenvalue weighted by atomic mass is 35.7. The van der Waals surface area contributed by atoms with Gasteiger partial charge in [-0.15, -0.1) is 0 Å². The summed E-state index contributed by atoms with van der Waals surface area (Å²) in [4.78, 5) is 0. The Morgan fingerprint density at radius 2 is 1.30 bits per heavy atom. The standard InChI is InChI=1S/C19H25ClO2P/c1-4-5-10-15-23(20,21-18-13-8-6-11-16(18)2)22-19-14-9-7-12-17(19)3/h6-9,11-14H,4-5,10,15H2,1-3H3/q+1. The fourth-order valence-corrected chi connectivity index (χ4v) is 4.89. The summed E-state index contributed by atoms with van der Waals surface area (Å²) in [5.74, 6) is 1.61. The number of hydrogen-bond acceptors (Lipinski definition) is 2. The van der Waals surface area contributed by atoms with Crippen LogP contribution in [0, 0.1) is 13.8 Å². The Labute approximate surface area is 145 Å². The van der Waals surface area contributed by atoms with Crippen LogP contribution in [0.3, 0.4) is 0 Å². The number of benzene rings is 2. The Morgan fingerprint density at radius 1 is 0.826 bits per heavy atom. The van der Waals surface area contributed by atoms with Crippen molar-refractivity contribution < 1.29 is 9.05 Å². The maximum atomic E-state index is 6.85. The molecule has 0 N–H and O–H groups in total. The fraction of sp³-hybridized carbons (Fsp3) is 0.368. The van der Waals surface area contributed by atoms with E-state index in [-0.39, 0.29) is 0 Å². The number of para-hydroxylation sites is 2. The van der Waals surface area contributed by atoms with Crippen molar-refractivity contribution in [1.82, 2.24) is 0 Å². The van der Waals surface area contributed by atoms with Gasteiger partial charge in [-0.05, 0) is 49.9 Å². The molecule has 0 spiro atoms. The van der Waals surface area contributed by atoms with Gasteiger partial charge < -0.3 is 0 Å². The second-order valence-electron chi connectivity index (χ2n) is 5.73. The van der Waals surface area contributed by atoms with Gasteiger partial charge >= 0.3 is 7.07 Å². The van der Waals surface area contributed by atoms with Crippen LogP contribution >= 0.6 is 18.3 Å². The van der Waals surface area contributed by atoms with E-state index in [0.29, 0.717) is 0 Å². The number of unbranched alkanes of at least 4 members (excludes halogenated alkanes) is 2. The summed E-state index contributed by atoms with van der Waals surface area (Å²) < 4.78 is 12.4. The normalized spacial score (nSPS) is 11.3. The number of aryl methyl sites for hydroxylation is 2. The predicted molar refractivity (Wildman–Crippen MR) is 101 cm³/mol. The third-order valence-corrected chi connectivity index (χ3v) is 6.40. The lowest BCUT2D eigenvalue weighted by molar-refractivity contribution is 0.473. The summed E-state index contributed by atoms with van der Waals surface area (Å²) >= 11 is 6.85. The second-order valence-corrected chi connectivity index (χ2v) is 9.27. The van der Waals surface area contributed by atoms with Crippen LogP contribution in [0.25, 0.3) is 0 Å². The first kappa shape index (κ1) is 18.1. The van der Waals surface area contributed by atoms with Gasteiger partial charge in [-0.25, -0.2) is 0 Å². The zero-order chi connectivity index (χ0) is 16.7. The Hall–Kier alpha value is -1.24. The number of halogens is 1. The Balaban J connectivity index is 2.21. The largest absolute Gasteiger partial charge is 0.459 e. The Kier molecular flexibility index (Phi) is 6.74. The molecule has 0 aliphatic heterocycles. The average Bonchev–Trinajstić information content (AvgIpc) is 2.52. The molecule has 2 nitrogen and oxygen atoms in total. The highest BCUT2D eigenvalue weighted by molar-refractivity contribution is 7.92.